The van der Waals surface area contributed by atoms with Gasteiger partial charge in [-0.3, -0.25) is 4.79 Å². The quantitative estimate of drug-likeness (QED) is 0.596. The van der Waals surface area contributed by atoms with Crippen molar-refractivity contribution in [1.29, 1.82) is 0 Å². The standard InChI is InChI=1S/C19H18ClN5O2/c1-21-19(26)13-5-3-4-6-15(13)24-16-10-18(23-11-14(16)20)25-17-9-12(27-2)7-8-22-17/h3-11H,1-2H3,(H,21,26)(H2,22,23,24,25). The van der Waals surface area contributed by atoms with Crippen molar-refractivity contribution in [2.45, 2.75) is 0 Å². The highest BCUT2D eigenvalue weighted by molar-refractivity contribution is 6.33. The lowest BCUT2D eigenvalue weighted by Crippen LogP contribution is -2.19. The van der Waals surface area contributed by atoms with E-state index in [1.807, 2.05) is 6.07 Å². The minimum Gasteiger partial charge on any atom is -0.497 e. The zero-order valence-corrected chi connectivity index (χ0v) is 15.5. The molecule has 2 aromatic heterocycles. The molecule has 3 aromatic rings. The maximum Gasteiger partial charge on any atom is 0.253 e. The molecule has 1 amide bonds. The lowest BCUT2D eigenvalue weighted by atomic mass is 10.1. The van der Waals surface area contributed by atoms with Crippen LogP contribution in [0.3, 0.4) is 0 Å². The molecule has 0 aliphatic heterocycles. The zero-order chi connectivity index (χ0) is 19.2. The van der Waals surface area contributed by atoms with Gasteiger partial charge in [0, 0.05) is 25.4 Å². The van der Waals surface area contributed by atoms with Gasteiger partial charge >= 0.3 is 0 Å². The second kappa shape index (κ2) is 8.37. The van der Waals surface area contributed by atoms with E-state index in [1.165, 1.54) is 6.20 Å². The van der Waals surface area contributed by atoms with E-state index < -0.39 is 0 Å². The van der Waals surface area contributed by atoms with E-state index in [0.29, 0.717) is 39.3 Å². The monoisotopic (exact) mass is 383 g/mol. The van der Waals surface area contributed by atoms with Gasteiger partial charge < -0.3 is 20.7 Å². The number of aromatic nitrogens is 2. The Hall–Kier alpha value is -3.32. The third-order valence-electron chi connectivity index (χ3n) is 3.75. The summed E-state index contributed by atoms with van der Waals surface area (Å²) in [5, 5.41) is 9.33. The molecule has 0 bridgehead atoms. The molecule has 0 fully saturated rings. The molecule has 7 nitrogen and oxygen atoms in total. The molecular formula is C19H18ClN5O2. The lowest BCUT2D eigenvalue weighted by Gasteiger charge is -2.14. The number of hydrogen-bond acceptors (Lipinski definition) is 6. The van der Waals surface area contributed by atoms with Crippen molar-refractivity contribution >= 4 is 40.5 Å². The molecule has 0 radical (unpaired) electrons. The molecule has 0 aliphatic rings. The van der Waals surface area contributed by atoms with Gasteiger partial charge in [0.05, 0.1) is 35.3 Å². The Bertz CT molecular complexity index is 964. The fourth-order valence-corrected chi connectivity index (χ4v) is 2.56. The Labute approximate surface area is 161 Å². The van der Waals surface area contributed by atoms with Crippen molar-refractivity contribution in [2.24, 2.45) is 0 Å². The molecule has 0 saturated carbocycles. The van der Waals surface area contributed by atoms with Crippen LogP contribution in [0.4, 0.5) is 23.0 Å². The largest absolute Gasteiger partial charge is 0.497 e. The van der Waals surface area contributed by atoms with Crippen LogP contribution in [0, 0.1) is 0 Å². The Balaban J connectivity index is 1.87. The first-order valence-electron chi connectivity index (χ1n) is 8.11. The van der Waals surface area contributed by atoms with Gasteiger partial charge in [-0.2, -0.15) is 0 Å². The maximum absolute atomic E-state index is 12.0. The van der Waals surface area contributed by atoms with Crippen LogP contribution in [0.2, 0.25) is 5.02 Å². The van der Waals surface area contributed by atoms with E-state index in [0.717, 1.165) is 0 Å². The summed E-state index contributed by atoms with van der Waals surface area (Å²) >= 11 is 6.27. The predicted molar refractivity (Wildman–Crippen MR) is 106 cm³/mol. The van der Waals surface area contributed by atoms with Crippen LogP contribution in [0.25, 0.3) is 0 Å². The average Bonchev–Trinajstić information content (AvgIpc) is 2.70. The van der Waals surface area contributed by atoms with Crippen LogP contribution in [0.1, 0.15) is 10.4 Å². The van der Waals surface area contributed by atoms with E-state index >= 15 is 0 Å². The van der Waals surface area contributed by atoms with Gasteiger partial charge in [0.1, 0.15) is 17.4 Å². The number of amides is 1. The Morgan fingerprint density at radius 1 is 1.04 bits per heavy atom. The van der Waals surface area contributed by atoms with E-state index in [2.05, 4.69) is 25.9 Å². The first-order valence-corrected chi connectivity index (χ1v) is 8.49. The Kier molecular flexibility index (Phi) is 5.73. The minimum absolute atomic E-state index is 0.192. The van der Waals surface area contributed by atoms with Crippen LogP contribution in [-0.2, 0) is 0 Å². The van der Waals surface area contributed by atoms with Gasteiger partial charge in [0.25, 0.3) is 5.91 Å². The zero-order valence-electron chi connectivity index (χ0n) is 14.8. The van der Waals surface area contributed by atoms with Crippen molar-refractivity contribution in [3.8, 4) is 5.75 Å². The normalized spacial score (nSPS) is 10.2. The highest BCUT2D eigenvalue weighted by Crippen LogP contribution is 2.29. The molecule has 0 unspecified atom stereocenters. The topological polar surface area (TPSA) is 88.2 Å². The molecule has 0 saturated heterocycles. The lowest BCUT2D eigenvalue weighted by molar-refractivity contribution is 0.0964. The summed E-state index contributed by atoms with van der Waals surface area (Å²) in [7, 11) is 3.17. The minimum atomic E-state index is -0.192. The summed E-state index contributed by atoms with van der Waals surface area (Å²) < 4.78 is 5.19. The number of carbonyl (C=O) groups is 1. The van der Waals surface area contributed by atoms with Crippen molar-refractivity contribution in [2.75, 3.05) is 24.8 Å². The first kappa shape index (κ1) is 18.5. The summed E-state index contributed by atoms with van der Waals surface area (Å²) in [4.78, 5) is 20.5. The summed E-state index contributed by atoms with van der Waals surface area (Å²) in [5.41, 5.74) is 1.75. The number of carbonyl (C=O) groups excluding carboxylic acids is 1. The van der Waals surface area contributed by atoms with Crippen LogP contribution in [0.5, 0.6) is 5.75 Å². The number of pyridine rings is 2. The first-order chi connectivity index (χ1) is 13.1. The smallest absolute Gasteiger partial charge is 0.253 e. The number of para-hydroxylation sites is 1. The third-order valence-corrected chi connectivity index (χ3v) is 4.05. The summed E-state index contributed by atoms with van der Waals surface area (Å²) in [6.45, 7) is 0. The van der Waals surface area contributed by atoms with Crippen molar-refractivity contribution < 1.29 is 9.53 Å². The highest BCUT2D eigenvalue weighted by Gasteiger charge is 2.11. The molecule has 138 valence electrons. The number of methoxy groups -OCH3 is 1. The van der Waals surface area contributed by atoms with Crippen molar-refractivity contribution in [3.63, 3.8) is 0 Å². The summed E-state index contributed by atoms with van der Waals surface area (Å²) in [6.07, 6.45) is 3.16. The molecule has 27 heavy (non-hydrogen) atoms. The van der Waals surface area contributed by atoms with Crippen molar-refractivity contribution in [3.05, 3.63) is 65.4 Å². The molecule has 0 spiro atoms. The third kappa shape index (κ3) is 4.45. The predicted octanol–water partition coefficient (Wildman–Crippen LogP) is 3.99. The molecule has 8 heteroatoms. The van der Waals surface area contributed by atoms with Crippen LogP contribution in [-0.4, -0.2) is 30.0 Å². The number of nitrogens with one attached hydrogen (secondary N) is 3. The number of halogens is 1. The molecule has 0 atom stereocenters. The van der Waals surface area contributed by atoms with Crippen LogP contribution >= 0.6 is 11.6 Å². The fraction of sp³-hybridized carbons (Fsp3) is 0.105. The molecule has 3 N–H and O–H groups in total. The SMILES string of the molecule is CNC(=O)c1ccccc1Nc1cc(Nc2cc(OC)ccn2)ncc1Cl. The molecule has 0 aliphatic carbocycles. The molecule has 2 heterocycles. The maximum atomic E-state index is 12.0. The average molecular weight is 384 g/mol. The van der Waals surface area contributed by atoms with E-state index in [1.54, 1.807) is 56.8 Å². The molecular weight excluding hydrogens is 366 g/mol. The molecule has 1 aromatic carbocycles. The van der Waals surface area contributed by atoms with Crippen molar-refractivity contribution in [1.82, 2.24) is 15.3 Å². The van der Waals surface area contributed by atoms with Gasteiger partial charge in [0.2, 0.25) is 0 Å². The van der Waals surface area contributed by atoms with Gasteiger partial charge in [-0.15, -0.1) is 0 Å². The number of rotatable bonds is 6. The number of hydrogen-bond donors (Lipinski definition) is 3. The summed E-state index contributed by atoms with van der Waals surface area (Å²) in [5.74, 6) is 1.61. The second-order valence-electron chi connectivity index (χ2n) is 5.51. The van der Waals surface area contributed by atoms with Gasteiger partial charge in [-0.05, 0) is 18.2 Å². The van der Waals surface area contributed by atoms with Gasteiger partial charge in [-0.25, -0.2) is 9.97 Å². The van der Waals surface area contributed by atoms with E-state index in [4.69, 9.17) is 16.3 Å². The fourth-order valence-electron chi connectivity index (χ4n) is 2.41. The van der Waals surface area contributed by atoms with Gasteiger partial charge in [-0.1, -0.05) is 23.7 Å². The van der Waals surface area contributed by atoms with Crippen LogP contribution in [0.15, 0.2) is 54.9 Å². The summed E-state index contributed by atoms with van der Waals surface area (Å²) in [6, 6.07) is 12.4. The van der Waals surface area contributed by atoms with Crippen LogP contribution < -0.4 is 20.7 Å². The van der Waals surface area contributed by atoms with Gasteiger partial charge in [0.15, 0.2) is 0 Å². The molecule has 3 rings (SSSR count). The van der Waals surface area contributed by atoms with E-state index in [9.17, 15) is 4.79 Å². The number of benzene rings is 1. The Morgan fingerprint density at radius 2 is 1.81 bits per heavy atom. The number of nitrogens with zero attached hydrogens (tertiary/aromatic N) is 2. The number of anilines is 4. The second-order valence-corrected chi connectivity index (χ2v) is 5.91. The number of ether oxygens (including phenoxy) is 1. The highest BCUT2D eigenvalue weighted by atomic mass is 35.5. The van der Waals surface area contributed by atoms with E-state index in [-0.39, 0.29) is 5.91 Å². The Morgan fingerprint density at radius 3 is 2.59 bits per heavy atom.